The van der Waals surface area contributed by atoms with E-state index in [4.69, 9.17) is 9.47 Å². The predicted molar refractivity (Wildman–Crippen MR) is 109 cm³/mol. The first kappa shape index (κ1) is 21.8. The van der Waals surface area contributed by atoms with Gasteiger partial charge in [0.1, 0.15) is 0 Å². The highest BCUT2D eigenvalue weighted by molar-refractivity contribution is 7.99. The molecule has 0 spiro atoms. The van der Waals surface area contributed by atoms with Crippen LogP contribution in [0, 0.1) is 10.1 Å². The third kappa shape index (κ3) is 5.17. The Balaban J connectivity index is 1.53. The van der Waals surface area contributed by atoms with Crippen molar-refractivity contribution in [1.29, 1.82) is 0 Å². The van der Waals surface area contributed by atoms with Crippen molar-refractivity contribution >= 4 is 23.4 Å². The van der Waals surface area contributed by atoms with Crippen molar-refractivity contribution in [2.45, 2.75) is 43.3 Å². The van der Waals surface area contributed by atoms with Gasteiger partial charge in [-0.05, 0) is 35.8 Å². The third-order valence-electron chi connectivity index (χ3n) is 4.96. The number of hydrogen-bond acceptors (Lipinski definition) is 9. The second-order valence-corrected chi connectivity index (χ2v) is 7.77. The minimum Gasteiger partial charge on any atom is -0.493 e. The number of carbonyl (C=O) groups excluding carboxylic acids is 1. The van der Waals surface area contributed by atoms with Crippen LogP contribution in [0.1, 0.15) is 37.3 Å². The smallest absolute Gasteiger partial charge is 0.276 e. The highest BCUT2D eigenvalue weighted by Crippen LogP contribution is 2.34. The van der Waals surface area contributed by atoms with Crippen molar-refractivity contribution in [2.75, 3.05) is 26.5 Å². The second-order valence-electron chi connectivity index (χ2n) is 6.83. The molecule has 0 aliphatic heterocycles. The predicted octanol–water partition coefficient (Wildman–Crippen LogP) is 2.16. The zero-order valence-corrected chi connectivity index (χ0v) is 17.7. The molecule has 0 radical (unpaired) electrons. The maximum Gasteiger partial charge on any atom is 0.276 e. The van der Waals surface area contributed by atoms with Gasteiger partial charge < -0.3 is 14.8 Å². The van der Waals surface area contributed by atoms with Crippen LogP contribution < -0.4 is 14.8 Å². The largest absolute Gasteiger partial charge is 0.493 e. The molecule has 2 aromatic rings. The number of ether oxygens (including phenoxy) is 2. The van der Waals surface area contributed by atoms with Crippen LogP contribution in [0.25, 0.3) is 0 Å². The van der Waals surface area contributed by atoms with Crippen molar-refractivity contribution in [2.24, 2.45) is 0 Å². The number of tetrazole rings is 1. The molecule has 1 aromatic heterocycles. The number of aromatic nitrogens is 4. The molecule has 0 unspecified atom stereocenters. The maximum absolute atomic E-state index is 12.2. The van der Waals surface area contributed by atoms with Crippen LogP contribution >= 0.6 is 11.8 Å². The van der Waals surface area contributed by atoms with Gasteiger partial charge in [0.05, 0.1) is 37.0 Å². The SMILES string of the molecule is COc1cc(CCNC(=O)CSc2nnnn2C2CCCC2)c([N+](=O)[O-])cc1OC. The van der Waals surface area contributed by atoms with Gasteiger partial charge in [-0.25, -0.2) is 4.68 Å². The summed E-state index contributed by atoms with van der Waals surface area (Å²) in [7, 11) is 2.88. The lowest BCUT2D eigenvalue weighted by molar-refractivity contribution is -0.385. The number of benzene rings is 1. The van der Waals surface area contributed by atoms with Crippen LogP contribution in [0.5, 0.6) is 11.5 Å². The van der Waals surface area contributed by atoms with E-state index >= 15 is 0 Å². The molecule has 1 aliphatic rings. The Hall–Kier alpha value is -2.89. The van der Waals surface area contributed by atoms with Gasteiger partial charge in [0.2, 0.25) is 11.1 Å². The van der Waals surface area contributed by atoms with E-state index in [0.717, 1.165) is 25.7 Å². The van der Waals surface area contributed by atoms with Crippen molar-refractivity contribution in [1.82, 2.24) is 25.5 Å². The highest BCUT2D eigenvalue weighted by Gasteiger charge is 2.22. The van der Waals surface area contributed by atoms with Gasteiger partial charge >= 0.3 is 0 Å². The number of rotatable bonds is 10. The Morgan fingerprint density at radius 1 is 1.30 bits per heavy atom. The Kier molecular flexibility index (Phi) is 7.44. The quantitative estimate of drug-likeness (QED) is 0.338. The van der Waals surface area contributed by atoms with E-state index in [0.29, 0.717) is 22.5 Å². The molecule has 1 heterocycles. The number of nitro groups is 1. The number of hydrogen-bond donors (Lipinski definition) is 1. The molecule has 1 fully saturated rings. The number of nitro benzene ring substituents is 1. The standard InChI is InChI=1S/C18H24N6O5S/c1-28-15-9-12(14(24(26)27)10-16(15)29-2)7-8-19-17(25)11-30-18-20-21-22-23(18)13-5-3-4-6-13/h9-10,13H,3-8,11H2,1-2H3,(H,19,25). The highest BCUT2D eigenvalue weighted by atomic mass is 32.2. The summed E-state index contributed by atoms with van der Waals surface area (Å²) in [5.74, 6) is 0.664. The molecule has 1 N–H and O–H groups in total. The van der Waals surface area contributed by atoms with Gasteiger partial charge in [0, 0.05) is 12.1 Å². The first-order chi connectivity index (χ1) is 14.5. The Labute approximate surface area is 177 Å². The summed E-state index contributed by atoms with van der Waals surface area (Å²) in [4.78, 5) is 23.1. The number of methoxy groups -OCH3 is 2. The van der Waals surface area contributed by atoms with Gasteiger partial charge in [-0.2, -0.15) is 0 Å². The minimum absolute atomic E-state index is 0.0768. The van der Waals surface area contributed by atoms with Crippen LogP contribution in [0.4, 0.5) is 5.69 Å². The molecule has 1 saturated carbocycles. The molecule has 1 amide bonds. The normalized spacial score (nSPS) is 13.9. The fourth-order valence-corrected chi connectivity index (χ4v) is 4.23. The summed E-state index contributed by atoms with van der Waals surface area (Å²) in [6, 6.07) is 3.19. The monoisotopic (exact) mass is 436 g/mol. The van der Waals surface area contributed by atoms with Gasteiger partial charge in [-0.15, -0.1) is 5.10 Å². The fourth-order valence-electron chi connectivity index (χ4n) is 3.46. The molecule has 162 valence electrons. The lowest BCUT2D eigenvalue weighted by atomic mass is 10.1. The summed E-state index contributed by atoms with van der Waals surface area (Å²) >= 11 is 1.28. The van der Waals surface area contributed by atoms with Gasteiger partial charge in [-0.1, -0.05) is 24.6 Å². The molecule has 0 bridgehead atoms. The van der Waals surface area contributed by atoms with Gasteiger partial charge in [-0.3, -0.25) is 14.9 Å². The maximum atomic E-state index is 12.2. The molecule has 0 saturated heterocycles. The molecular formula is C18H24N6O5S. The molecule has 11 nitrogen and oxygen atoms in total. The molecular weight excluding hydrogens is 412 g/mol. The van der Waals surface area contributed by atoms with Crippen LogP contribution in [0.2, 0.25) is 0 Å². The summed E-state index contributed by atoms with van der Waals surface area (Å²) < 4.78 is 12.1. The van der Waals surface area contributed by atoms with E-state index < -0.39 is 4.92 Å². The molecule has 3 rings (SSSR count). The van der Waals surface area contributed by atoms with E-state index in [1.807, 2.05) is 0 Å². The van der Waals surface area contributed by atoms with E-state index in [9.17, 15) is 14.9 Å². The molecule has 1 aromatic carbocycles. The lowest BCUT2D eigenvalue weighted by Crippen LogP contribution is -2.27. The number of amides is 1. The van der Waals surface area contributed by atoms with E-state index in [1.165, 1.54) is 32.0 Å². The minimum atomic E-state index is -0.474. The van der Waals surface area contributed by atoms with Crippen LogP contribution in [-0.2, 0) is 11.2 Å². The molecule has 30 heavy (non-hydrogen) atoms. The van der Waals surface area contributed by atoms with Crippen molar-refractivity contribution in [3.63, 3.8) is 0 Å². The average Bonchev–Trinajstić information content (AvgIpc) is 3.43. The molecule has 12 heteroatoms. The van der Waals surface area contributed by atoms with E-state index in [-0.39, 0.29) is 36.1 Å². The third-order valence-corrected chi connectivity index (χ3v) is 5.90. The van der Waals surface area contributed by atoms with Crippen molar-refractivity contribution in [3.8, 4) is 11.5 Å². The van der Waals surface area contributed by atoms with Gasteiger partial charge in [0.15, 0.2) is 11.5 Å². The fraction of sp³-hybridized carbons (Fsp3) is 0.556. The summed E-state index contributed by atoms with van der Waals surface area (Å²) in [5.41, 5.74) is 0.378. The lowest BCUT2D eigenvalue weighted by Gasteiger charge is -2.11. The van der Waals surface area contributed by atoms with Crippen LogP contribution in [0.15, 0.2) is 17.3 Å². The summed E-state index contributed by atoms with van der Waals surface area (Å²) in [5, 5.41) is 26.6. The number of carbonyl (C=O) groups is 1. The number of nitrogens with one attached hydrogen (secondary N) is 1. The van der Waals surface area contributed by atoms with E-state index in [2.05, 4.69) is 20.8 Å². The Bertz CT molecular complexity index is 899. The number of thioether (sulfide) groups is 1. The Morgan fingerprint density at radius 2 is 2.00 bits per heavy atom. The zero-order valence-electron chi connectivity index (χ0n) is 16.9. The van der Waals surface area contributed by atoms with Crippen LogP contribution in [-0.4, -0.2) is 57.6 Å². The Morgan fingerprint density at radius 3 is 2.67 bits per heavy atom. The molecule has 0 atom stereocenters. The number of nitrogens with zero attached hydrogens (tertiary/aromatic N) is 5. The average molecular weight is 436 g/mol. The second kappa shape index (κ2) is 10.2. The van der Waals surface area contributed by atoms with Crippen LogP contribution in [0.3, 0.4) is 0 Å². The first-order valence-corrected chi connectivity index (χ1v) is 10.6. The summed E-state index contributed by atoms with van der Waals surface area (Å²) in [6.07, 6.45) is 4.71. The van der Waals surface area contributed by atoms with E-state index in [1.54, 1.807) is 10.7 Å². The summed E-state index contributed by atoms with van der Waals surface area (Å²) in [6.45, 7) is 0.253. The topological polar surface area (TPSA) is 134 Å². The van der Waals surface area contributed by atoms with Gasteiger partial charge in [0.25, 0.3) is 5.69 Å². The van der Waals surface area contributed by atoms with Crippen molar-refractivity contribution < 1.29 is 19.2 Å². The first-order valence-electron chi connectivity index (χ1n) is 9.60. The van der Waals surface area contributed by atoms with Crippen molar-refractivity contribution in [3.05, 3.63) is 27.8 Å². The molecule has 1 aliphatic carbocycles. The zero-order chi connectivity index (χ0) is 21.5.